The molecule has 20 heavy (non-hydrogen) atoms. The van der Waals surface area contributed by atoms with Crippen molar-refractivity contribution in [3.05, 3.63) is 52.5 Å². The Balaban J connectivity index is 1.84. The summed E-state index contributed by atoms with van der Waals surface area (Å²) in [4.78, 5) is 8.38. The molecule has 0 aliphatic heterocycles. The first-order valence-corrected chi connectivity index (χ1v) is 7.49. The summed E-state index contributed by atoms with van der Waals surface area (Å²) in [6.45, 7) is 0. The molecule has 1 aliphatic rings. The van der Waals surface area contributed by atoms with E-state index in [-0.39, 0.29) is 11.9 Å². The zero-order valence-electron chi connectivity index (χ0n) is 10.9. The van der Waals surface area contributed by atoms with Gasteiger partial charge in [0.25, 0.3) is 0 Å². The summed E-state index contributed by atoms with van der Waals surface area (Å²) in [5.74, 6) is 1.07. The fourth-order valence-electron chi connectivity index (χ4n) is 2.27. The van der Waals surface area contributed by atoms with Gasteiger partial charge in [-0.2, -0.15) is 0 Å². The summed E-state index contributed by atoms with van der Waals surface area (Å²) in [5.41, 5.74) is 0.927. The third kappa shape index (κ3) is 3.54. The van der Waals surface area contributed by atoms with Crippen LogP contribution in [0.1, 0.15) is 30.9 Å². The molecule has 1 heterocycles. The first-order chi connectivity index (χ1) is 9.70. The number of anilines is 1. The molecule has 104 valence electrons. The molecule has 1 aliphatic carbocycles. The van der Waals surface area contributed by atoms with Crippen molar-refractivity contribution in [3.8, 4) is 0 Å². The lowest BCUT2D eigenvalue weighted by Crippen LogP contribution is -2.14. The maximum absolute atomic E-state index is 13.6. The van der Waals surface area contributed by atoms with E-state index in [0.29, 0.717) is 5.95 Å². The van der Waals surface area contributed by atoms with Gasteiger partial charge in [-0.25, -0.2) is 14.4 Å². The normalized spacial score (nSPS) is 15.9. The van der Waals surface area contributed by atoms with Crippen molar-refractivity contribution in [1.29, 1.82) is 0 Å². The number of halogens is 2. The van der Waals surface area contributed by atoms with Gasteiger partial charge >= 0.3 is 0 Å². The number of hydrogen-bond donors (Lipinski definition) is 1. The monoisotopic (exact) mass is 335 g/mol. The van der Waals surface area contributed by atoms with Crippen molar-refractivity contribution in [2.45, 2.75) is 25.3 Å². The van der Waals surface area contributed by atoms with Crippen molar-refractivity contribution in [2.75, 3.05) is 5.32 Å². The molecule has 0 amide bonds. The van der Waals surface area contributed by atoms with Gasteiger partial charge in [-0.05, 0) is 42.2 Å². The second-order valence-electron chi connectivity index (χ2n) is 5.15. The Kier molecular flexibility index (Phi) is 3.96. The van der Waals surface area contributed by atoms with Gasteiger partial charge in [0, 0.05) is 16.9 Å². The molecule has 3 nitrogen and oxygen atoms in total. The third-order valence-corrected chi connectivity index (χ3v) is 3.88. The van der Waals surface area contributed by atoms with Gasteiger partial charge in [0.2, 0.25) is 5.95 Å². The Hall–Kier alpha value is -1.49. The average Bonchev–Trinajstić information content (AvgIpc) is 3.22. The fraction of sp³-hybridized carbons (Fsp3) is 0.333. The first-order valence-electron chi connectivity index (χ1n) is 6.70. The number of benzene rings is 1. The van der Waals surface area contributed by atoms with Crippen LogP contribution in [0.5, 0.6) is 0 Å². The van der Waals surface area contributed by atoms with Gasteiger partial charge in [0.15, 0.2) is 0 Å². The molecule has 1 unspecified atom stereocenters. The number of nitrogens with zero attached hydrogens (tertiary/aromatic N) is 2. The predicted octanol–water partition coefficient (Wildman–Crippen LogP) is 4.33. The molecule has 0 bridgehead atoms. The van der Waals surface area contributed by atoms with Gasteiger partial charge in [-0.3, -0.25) is 0 Å². The highest BCUT2D eigenvalue weighted by Gasteiger charge is 2.27. The largest absolute Gasteiger partial charge is 0.347 e. The smallest absolute Gasteiger partial charge is 0.223 e. The van der Waals surface area contributed by atoms with Gasteiger partial charge < -0.3 is 5.32 Å². The molecule has 0 radical (unpaired) electrons. The van der Waals surface area contributed by atoms with Gasteiger partial charge in [0.1, 0.15) is 5.82 Å². The minimum Gasteiger partial charge on any atom is -0.347 e. The molecular weight excluding hydrogens is 321 g/mol. The predicted molar refractivity (Wildman–Crippen MR) is 79.8 cm³/mol. The van der Waals surface area contributed by atoms with Crippen LogP contribution in [0.15, 0.2) is 41.1 Å². The van der Waals surface area contributed by atoms with Gasteiger partial charge in [-0.1, -0.05) is 28.8 Å². The van der Waals surface area contributed by atoms with E-state index in [9.17, 15) is 4.39 Å². The van der Waals surface area contributed by atoms with Crippen LogP contribution in [0.4, 0.5) is 10.3 Å². The molecule has 1 fully saturated rings. The lowest BCUT2D eigenvalue weighted by Gasteiger charge is -2.19. The maximum atomic E-state index is 13.6. The summed E-state index contributed by atoms with van der Waals surface area (Å²) in [6, 6.07) is 6.81. The van der Waals surface area contributed by atoms with E-state index >= 15 is 0 Å². The maximum Gasteiger partial charge on any atom is 0.223 e. The highest BCUT2D eigenvalue weighted by Crippen LogP contribution is 2.39. The molecule has 1 aromatic heterocycles. The Morgan fingerprint density at radius 3 is 2.65 bits per heavy atom. The third-order valence-electron chi connectivity index (χ3n) is 3.42. The van der Waals surface area contributed by atoms with Crippen LogP contribution >= 0.6 is 15.9 Å². The number of aromatic nitrogens is 2. The summed E-state index contributed by atoms with van der Waals surface area (Å²) in [5, 5.41) is 3.31. The summed E-state index contributed by atoms with van der Waals surface area (Å²) in [6.07, 6.45) is 6.89. The van der Waals surface area contributed by atoms with E-state index < -0.39 is 0 Å². The molecule has 5 heteroatoms. The Labute approximate surface area is 125 Å². The Morgan fingerprint density at radius 1 is 1.25 bits per heavy atom. The van der Waals surface area contributed by atoms with Crippen molar-refractivity contribution in [1.82, 2.24) is 9.97 Å². The van der Waals surface area contributed by atoms with Crippen LogP contribution < -0.4 is 5.32 Å². The SMILES string of the molecule is Fc1cc(Br)cc(C(CC2CC2)Nc2ncccn2)c1. The van der Waals surface area contributed by atoms with E-state index in [2.05, 4.69) is 31.2 Å². The number of hydrogen-bond acceptors (Lipinski definition) is 3. The summed E-state index contributed by atoms with van der Waals surface area (Å²) >= 11 is 3.35. The van der Waals surface area contributed by atoms with Crippen LogP contribution in [-0.2, 0) is 0 Å². The zero-order chi connectivity index (χ0) is 13.9. The van der Waals surface area contributed by atoms with E-state index in [1.54, 1.807) is 24.5 Å². The standard InChI is InChI=1S/C15H15BrFN3/c16-12-7-11(8-13(17)9-12)14(6-10-2-3-10)20-15-18-4-1-5-19-15/h1,4-5,7-10,14H,2-3,6H2,(H,18,19,20). The minimum atomic E-state index is -0.231. The minimum absolute atomic E-state index is 0.0388. The van der Waals surface area contributed by atoms with Crippen molar-refractivity contribution < 1.29 is 4.39 Å². The van der Waals surface area contributed by atoms with Crippen LogP contribution in [0.3, 0.4) is 0 Å². The van der Waals surface area contributed by atoms with E-state index in [1.165, 1.54) is 18.9 Å². The molecule has 2 aromatic rings. The number of rotatable bonds is 5. The Bertz CT molecular complexity index is 567. The summed E-state index contributed by atoms with van der Waals surface area (Å²) in [7, 11) is 0. The second-order valence-corrected chi connectivity index (χ2v) is 6.07. The van der Waals surface area contributed by atoms with E-state index in [1.807, 2.05) is 6.07 Å². The van der Waals surface area contributed by atoms with E-state index in [0.717, 1.165) is 22.4 Å². The number of nitrogens with one attached hydrogen (secondary N) is 1. The van der Waals surface area contributed by atoms with Gasteiger partial charge in [-0.15, -0.1) is 0 Å². The fourth-order valence-corrected chi connectivity index (χ4v) is 2.75. The van der Waals surface area contributed by atoms with Crippen LogP contribution in [0.25, 0.3) is 0 Å². The average molecular weight is 336 g/mol. The molecule has 3 rings (SSSR count). The molecule has 1 N–H and O–H groups in total. The van der Waals surface area contributed by atoms with Gasteiger partial charge in [0.05, 0.1) is 6.04 Å². The van der Waals surface area contributed by atoms with Crippen LogP contribution in [0, 0.1) is 11.7 Å². The van der Waals surface area contributed by atoms with Crippen LogP contribution in [0.2, 0.25) is 0 Å². The summed E-state index contributed by atoms with van der Waals surface area (Å²) < 4.78 is 14.3. The van der Waals surface area contributed by atoms with Crippen molar-refractivity contribution in [3.63, 3.8) is 0 Å². The molecule has 1 saturated carbocycles. The van der Waals surface area contributed by atoms with E-state index in [4.69, 9.17) is 0 Å². The first kappa shape index (κ1) is 13.5. The molecular formula is C15H15BrFN3. The lowest BCUT2D eigenvalue weighted by molar-refractivity contribution is 0.601. The highest BCUT2D eigenvalue weighted by molar-refractivity contribution is 9.10. The quantitative estimate of drug-likeness (QED) is 0.883. The van der Waals surface area contributed by atoms with Crippen molar-refractivity contribution in [2.24, 2.45) is 5.92 Å². The molecule has 0 spiro atoms. The molecule has 0 saturated heterocycles. The van der Waals surface area contributed by atoms with Crippen LogP contribution in [-0.4, -0.2) is 9.97 Å². The zero-order valence-corrected chi connectivity index (χ0v) is 12.5. The Morgan fingerprint density at radius 2 is 2.00 bits per heavy atom. The molecule has 1 aromatic carbocycles. The molecule has 1 atom stereocenters. The highest BCUT2D eigenvalue weighted by atomic mass is 79.9. The second kappa shape index (κ2) is 5.87. The lowest BCUT2D eigenvalue weighted by atomic mass is 10.0. The van der Waals surface area contributed by atoms with Crippen molar-refractivity contribution >= 4 is 21.9 Å². The topological polar surface area (TPSA) is 37.8 Å².